The van der Waals surface area contributed by atoms with Crippen molar-refractivity contribution in [3.8, 4) is 5.75 Å². The standard InChI is InChI=1S/C24H25FN6O4/c1-34-20-4-5-21(16(8-20)9-25)30-19-3-2-18(28-13-19)12-29-23(33)24(6-7-35-14-24)31-22(32)17-10-26-15-27-11-17/h2-5,8,10-11,13,15,30H,6-7,9,12,14H2,1H3,(H,29,33)(H,31,32)/t24-/m0/s1. The van der Waals surface area contributed by atoms with E-state index in [2.05, 4.69) is 30.9 Å². The number of ether oxygens (including phenoxy) is 2. The molecule has 2 aromatic heterocycles. The molecule has 3 heterocycles. The van der Waals surface area contributed by atoms with Gasteiger partial charge in [-0.15, -0.1) is 0 Å². The number of alkyl halides is 1. The molecule has 4 rings (SSSR count). The molecule has 0 spiro atoms. The van der Waals surface area contributed by atoms with Crippen molar-refractivity contribution in [3.63, 3.8) is 0 Å². The van der Waals surface area contributed by atoms with Crippen LogP contribution in [0.25, 0.3) is 0 Å². The Kier molecular flexibility index (Phi) is 7.46. The second-order valence-electron chi connectivity index (χ2n) is 7.97. The van der Waals surface area contributed by atoms with Crippen molar-refractivity contribution in [1.82, 2.24) is 25.6 Å². The second-order valence-corrected chi connectivity index (χ2v) is 7.97. The van der Waals surface area contributed by atoms with Crippen LogP contribution in [0.4, 0.5) is 15.8 Å². The summed E-state index contributed by atoms with van der Waals surface area (Å²) < 4.78 is 23.9. The molecule has 1 atom stereocenters. The molecule has 10 nitrogen and oxygen atoms in total. The highest BCUT2D eigenvalue weighted by Gasteiger charge is 2.43. The van der Waals surface area contributed by atoms with E-state index in [0.29, 0.717) is 41.4 Å². The maximum atomic E-state index is 13.4. The molecule has 35 heavy (non-hydrogen) atoms. The molecular weight excluding hydrogens is 455 g/mol. The number of carbonyl (C=O) groups is 2. The molecule has 1 fully saturated rings. The third-order valence-electron chi connectivity index (χ3n) is 5.62. The molecule has 0 unspecified atom stereocenters. The van der Waals surface area contributed by atoms with Crippen molar-refractivity contribution >= 4 is 23.2 Å². The average Bonchev–Trinajstić information content (AvgIpc) is 3.38. The summed E-state index contributed by atoms with van der Waals surface area (Å²) in [6, 6.07) is 8.64. The summed E-state index contributed by atoms with van der Waals surface area (Å²) in [5.74, 6) is -0.243. The first-order valence-corrected chi connectivity index (χ1v) is 10.9. The molecule has 3 aromatic rings. The highest BCUT2D eigenvalue weighted by atomic mass is 19.1. The van der Waals surface area contributed by atoms with Crippen LogP contribution >= 0.6 is 0 Å². The summed E-state index contributed by atoms with van der Waals surface area (Å²) in [6.45, 7) is -0.0724. The van der Waals surface area contributed by atoms with Crippen LogP contribution < -0.4 is 20.7 Å². The number of anilines is 2. The lowest BCUT2D eigenvalue weighted by atomic mass is 9.96. The van der Waals surface area contributed by atoms with Crippen LogP contribution in [-0.4, -0.2) is 52.6 Å². The van der Waals surface area contributed by atoms with Gasteiger partial charge in [0.25, 0.3) is 5.91 Å². The second kappa shape index (κ2) is 10.9. The van der Waals surface area contributed by atoms with Crippen molar-refractivity contribution in [3.05, 3.63) is 72.1 Å². The number of amides is 2. The number of halogens is 1. The summed E-state index contributed by atoms with van der Waals surface area (Å²) in [6.07, 6.45) is 6.02. The van der Waals surface area contributed by atoms with Crippen LogP contribution in [0.5, 0.6) is 5.75 Å². The highest BCUT2D eigenvalue weighted by molar-refractivity contribution is 5.99. The molecule has 1 aliphatic rings. The van der Waals surface area contributed by atoms with Gasteiger partial charge in [-0.3, -0.25) is 14.6 Å². The Morgan fingerprint density at radius 1 is 1.17 bits per heavy atom. The van der Waals surface area contributed by atoms with Crippen molar-refractivity contribution in [2.45, 2.75) is 25.2 Å². The Labute approximate surface area is 201 Å². The summed E-state index contributed by atoms with van der Waals surface area (Å²) in [5.41, 5.74) is 1.42. The van der Waals surface area contributed by atoms with Crippen LogP contribution in [0.3, 0.4) is 0 Å². The number of hydrogen-bond donors (Lipinski definition) is 3. The predicted molar refractivity (Wildman–Crippen MR) is 125 cm³/mol. The largest absolute Gasteiger partial charge is 0.497 e. The molecule has 0 radical (unpaired) electrons. The van der Waals surface area contributed by atoms with Gasteiger partial charge in [-0.25, -0.2) is 14.4 Å². The van der Waals surface area contributed by atoms with Crippen molar-refractivity contribution in [1.29, 1.82) is 0 Å². The Morgan fingerprint density at radius 3 is 2.66 bits per heavy atom. The smallest absolute Gasteiger partial charge is 0.255 e. The summed E-state index contributed by atoms with van der Waals surface area (Å²) in [7, 11) is 1.53. The van der Waals surface area contributed by atoms with Crippen LogP contribution in [0.15, 0.2) is 55.2 Å². The van der Waals surface area contributed by atoms with Gasteiger partial charge >= 0.3 is 0 Å². The fourth-order valence-corrected chi connectivity index (χ4v) is 3.63. The normalized spacial score (nSPS) is 17.0. The van der Waals surface area contributed by atoms with Crippen LogP contribution in [0, 0.1) is 0 Å². The zero-order valence-corrected chi connectivity index (χ0v) is 19.1. The molecule has 11 heteroatoms. The first kappa shape index (κ1) is 24.0. The summed E-state index contributed by atoms with van der Waals surface area (Å²) >= 11 is 0. The number of pyridine rings is 1. The minimum Gasteiger partial charge on any atom is -0.497 e. The third kappa shape index (κ3) is 5.69. The number of benzene rings is 1. The third-order valence-corrected chi connectivity index (χ3v) is 5.62. The van der Waals surface area contributed by atoms with Gasteiger partial charge in [0.2, 0.25) is 5.91 Å². The van der Waals surface area contributed by atoms with Gasteiger partial charge in [0.05, 0.1) is 43.4 Å². The number of rotatable bonds is 9. The summed E-state index contributed by atoms with van der Waals surface area (Å²) in [5, 5.41) is 8.74. The first-order valence-electron chi connectivity index (χ1n) is 10.9. The van der Waals surface area contributed by atoms with E-state index in [1.165, 1.54) is 25.8 Å². The molecule has 2 amide bonds. The Hall–Kier alpha value is -4.12. The molecule has 0 saturated carbocycles. The lowest BCUT2D eigenvalue weighted by Gasteiger charge is -2.27. The quantitative estimate of drug-likeness (QED) is 0.426. The van der Waals surface area contributed by atoms with Gasteiger partial charge in [-0.2, -0.15) is 0 Å². The van der Waals surface area contributed by atoms with Crippen LogP contribution in [-0.2, 0) is 22.8 Å². The monoisotopic (exact) mass is 480 g/mol. The molecule has 1 aromatic carbocycles. The Balaban J connectivity index is 1.37. The van der Waals surface area contributed by atoms with Gasteiger partial charge in [-0.05, 0) is 30.3 Å². The first-order chi connectivity index (χ1) is 17.0. The lowest BCUT2D eigenvalue weighted by Crippen LogP contribution is -2.59. The molecule has 1 saturated heterocycles. The molecule has 1 aliphatic heterocycles. The Morgan fingerprint density at radius 2 is 2.00 bits per heavy atom. The number of methoxy groups -OCH3 is 1. The van der Waals surface area contributed by atoms with Crippen LogP contribution in [0.2, 0.25) is 0 Å². The Bertz CT molecular complexity index is 1170. The number of nitrogens with zero attached hydrogens (tertiary/aromatic N) is 3. The topological polar surface area (TPSA) is 127 Å². The van der Waals surface area contributed by atoms with E-state index < -0.39 is 18.1 Å². The minimum atomic E-state index is -1.19. The predicted octanol–water partition coefficient (Wildman–Crippen LogP) is 2.30. The molecule has 182 valence electrons. The minimum absolute atomic E-state index is 0.0628. The van der Waals surface area contributed by atoms with Gasteiger partial charge < -0.3 is 25.4 Å². The maximum Gasteiger partial charge on any atom is 0.255 e. The number of nitrogens with one attached hydrogen (secondary N) is 3. The van der Waals surface area contributed by atoms with E-state index in [0.717, 1.165) is 0 Å². The fraction of sp³-hybridized carbons (Fsp3) is 0.292. The van der Waals surface area contributed by atoms with Gasteiger partial charge in [0.15, 0.2) is 0 Å². The maximum absolute atomic E-state index is 13.4. The molecule has 0 bridgehead atoms. The van der Waals surface area contributed by atoms with E-state index in [4.69, 9.17) is 9.47 Å². The highest BCUT2D eigenvalue weighted by Crippen LogP contribution is 2.26. The zero-order valence-electron chi connectivity index (χ0n) is 19.1. The molecule has 3 N–H and O–H groups in total. The number of aromatic nitrogens is 3. The van der Waals surface area contributed by atoms with Gasteiger partial charge in [0.1, 0.15) is 24.3 Å². The van der Waals surface area contributed by atoms with Crippen molar-refractivity contribution in [2.24, 2.45) is 0 Å². The van der Waals surface area contributed by atoms with E-state index in [1.807, 2.05) is 0 Å². The number of hydrogen-bond acceptors (Lipinski definition) is 8. The van der Waals surface area contributed by atoms with E-state index >= 15 is 0 Å². The van der Waals surface area contributed by atoms with Gasteiger partial charge in [0, 0.05) is 36.7 Å². The zero-order chi connectivity index (χ0) is 24.7. The molecule has 0 aliphatic carbocycles. The van der Waals surface area contributed by atoms with Gasteiger partial charge in [-0.1, -0.05) is 0 Å². The van der Waals surface area contributed by atoms with E-state index in [-0.39, 0.29) is 24.6 Å². The van der Waals surface area contributed by atoms with Crippen LogP contribution in [0.1, 0.15) is 28.0 Å². The van der Waals surface area contributed by atoms with Crippen molar-refractivity contribution < 1.29 is 23.5 Å². The fourth-order valence-electron chi connectivity index (χ4n) is 3.63. The lowest BCUT2D eigenvalue weighted by molar-refractivity contribution is -0.127. The van der Waals surface area contributed by atoms with E-state index in [9.17, 15) is 14.0 Å². The van der Waals surface area contributed by atoms with E-state index in [1.54, 1.807) is 36.5 Å². The summed E-state index contributed by atoms with van der Waals surface area (Å²) in [4.78, 5) is 37.6. The van der Waals surface area contributed by atoms with Crippen molar-refractivity contribution in [2.75, 3.05) is 25.6 Å². The number of carbonyl (C=O) groups excluding carboxylic acids is 2. The molecular formula is C24H25FN6O4. The average molecular weight is 481 g/mol. The SMILES string of the molecule is COc1ccc(Nc2ccc(CNC(=O)[C@]3(NC(=O)c4cncnc4)CCOC3)nc2)c(CF)c1.